The number of fused-ring (bicyclic) bond motifs is 1. The van der Waals surface area contributed by atoms with Crippen LogP contribution in [0.1, 0.15) is 13.8 Å². The third-order valence-electron chi connectivity index (χ3n) is 2.58. The first-order valence-electron chi connectivity index (χ1n) is 4.97. The molecule has 0 bridgehead atoms. The summed E-state index contributed by atoms with van der Waals surface area (Å²) in [7, 11) is 3.71. The molecule has 1 aliphatic heterocycles. The summed E-state index contributed by atoms with van der Waals surface area (Å²) >= 11 is 0. The number of hydrogen-bond acceptors (Lipinski definition) is 4. The van der Waals surface area contributed by atoms with Gasteiger partial charge in [-0.25, -0.2) is 4.79 Å². The second-order valence-electron chi connectivity index (χ2n) is 4.55. The second-order valence-corrected chi connectivity index (χ2v) is 4.55. The highest BCUT2D eigenvalue weighted by Gasteiger charge is 2.30. The Morgan fingerprint density at radius 2 is 1.81 bits per heavy atom. The van der Waals surface area contributed by atoms with Crippen LogP contribution < -0.4 is 22.0 Å². The van der Waals surface area contributed by atoms with E-state index < -0.39 is 16.8 Å². The number of nitrogens with one attached hydrogen (secondary N) is 2. The number of hydrogen-bond donors (Lipinski definition) is 2. The van der Waals surface area contributed by atoms with Crippen LogP contribution in [0.2, 0.25) is 0 Å². The van der Waals surface area contributed by atoms with Gasteiger partial charge in [0.2, 0.25) is 0 Å². The summed E-state index contributed by atoms with van der Waals surface area (Å²) in [5, 5.41) is 0.453. The van der Waals surface area contributed by atoms with Gasteiger partial charge in [-0.05, 0) is 13.8 Å². The standard InChI is InChI=1S/C10H14N4O2/c1-10(2)6(14(3)4)5-7(13-10)11-9(16)12-8(5)15/h1-4H3,(H2,11,12,13,15,16). The van der Waals surface area contributed by atoms with Crippen LogP contribution in [0.25, 0.3) is 5.70 Å². The topological polar surface area (TPSA) is 81.3 Å². The molecule has 0 saturated carbocycles. The molecule has 0 aromatic carbocycles. The zero-order valence-electron chi connectivity index (χ0n) is 9.71. The van der Waals surface area contributed by atoms with E-state index in [0.717, 1.165) is 5.70 Å². The molecule has 2 heterocycles. The van der Waals surface area contributed by atoms with Gasteiger partial charge in [0, 0.05) is 14.1 Å². The fraction of sp³-hybridized carbons (Fsp3) is 0.500. The number of H-pyrrole nitrogens is 2. The first-order valence-corrected chi connectivity index (χ1v) is 4.97. The Labute approximate surface area is 91.3 Å². The summed E-state index contributed by atoms with van der Waals surface area (Å²) in [6, 6.07) is 0. The van der Waals surface area contributed by atoms with E-state index in [1.165, 1.54) is 0 Å². The second kappa shape index (κ2) is 3.07. The fourth-order valence-electron chi connectivity index (χ4n) is 2.19. The van der Waals surface area contributed by atoms with Gasteiger partial charge in [0.15, 0.2) is 0 Å². The van der Waals surface area contributed by atoms with Crippen molar-refractivity contribution in [1.82, 2.24) is 14.9 Å². The molecular formula is C10H14N4O2. The lowest BCUT2D eigenvalue weighted by atomic mass is 10.0. The lowest BCUT2D eigenvalue weighted by Gasteiger charge is -2.25. The van der Waals surface area contributed by atoms with Crippen LogP contribution in [0.3, 0.4) is 0 Å². The van der Waals surface area contributed by atoms with Crippen LogP contribution in [0.15, 0.2) is 14.6 Å². The first-order chi connectivity index (χ1) is 7.33. The van der Waals surface area contributed by atoms with Crippen LogP contribution in [0.4, 0.5) is 0 Å². The normalized spacial score (nSPS) is 16.9. The van der Waals surface area contributed by atoms with Gasteiger partial charge in [-0.2, -0.15) is 0 Å². The summed E-state index contributed by atoms with van der Waals surface area (Å²) in [5.74, 6) is 0. The average Bonchev–Trinajstić information content (AvgIpc) is 2.34. The van der Waals surface area contributed by atoms with Crippen LogP contribution in [-0.2, 0) is 0 Å². The minimum absolute atomic E-state index is 0.363. The number of nitrogens with zero attached hydrogens (tertiary/aromatic N) is 2. The van der Waals surface area contributed by atoms with Crippen molar-refractivity contribution in [2.75, 3.05) is 14.1 Å². The predicted molar refractivity (Wildman–Crippen MR) is 59.6 cm³/mol. The number of rotatable bonds is 1. The molecule has 1 aromatic heterocycles. The Morgan fingerprint density at radius 3 is 2.38 bits per heavy atom. The lowest BCUT2D eigenvalue weighted by Crippen LogP contribution is -2.49. The summed E-state index contributed by atoms with van der Waals surface area (Å²) in [6.45, 7) is 3.81. The van der Waals surface area contributed by atoms with Gasteiger partial charge < -0.3 is 4.90 Å². The minimum Gasteiger partial charge on any atom is -0.378 e. The van der Waals surface area contributed by atoms with E-state index in [1.54, 1.807) is 0 Å². The molecule has 0 fully saturated rings. The predicted octanol–water partition coefficient (Wildman–Crippen LogP) is -1.86. The molecule has 0 amide bonds. The lowest BCUT2D eigenvalue weighted by molar-refractivity contribution is 0.495. The SMILES string of the molecule is CN(C)C1=c2c(=O)[nH]c(=O)[nH]c2=NC1(C)C. The molecule has 0 atom stereocenters. The van der Waals surface area contributed by atoms with E-state index in [1.807, 2.05) is 32.8 Å². The molecular weight excluding hydrogens is 208 g/mol. The number of aromatic amines is 2. The molecule has 0 unspecified atom stereocenters. The molecule has 1 aliphatic rings. The molecule has 6 nitrogen and oxygen atoms in total. The maximum absolute atomic E-state index is 11.8. The zero-order valence-corrected chi connectivity index (χ0v) is 9.71. The molecule has 0 radical (unpaired) electrons. The van der Waals surface area contributed by atoms with E-state index in [-0.39, 0.29) is 0 Å². The first kappa shape index (κ1) is 10.7. The maximum atomic E-state index is 11.8. The van der Waals surface area contributed by atoms with Gasteiger partial charge in [-0.3, -0.25) is 19.8 Å². The summed E-state index contributed by atoms with van der Waals surface area (Å²) in [6.07, 6.45) is 0. The fourth-order valence-corrected chi connectivity index (χ4v) is 2.19. The summed E-state index contributed by atoms with van der Waals surface area (Å²) < 4.78 is 0. The van der Waals surface area contributed by atoms with Crippen molar-refractivity contribution in [3.8, 4) is 0 Å². The van der Waals surface area contributed by atoms with Gasteiger partial charge in [0.25, 0.3) is 5.56 Å². The number of aromatic nitrogens is 2. The van der Waals surface area contributed by atoms with Crippen molar-refractivity contribution in [3.63, 3.8) is 0 Å². The summed E-state index contributed by atoms with van der Waals surface area (Å²) in [5.41, 5.74) is -0.245. The van der Waals surface area contributed by atoms with Gasteiger partial charge in [0.1, 0.15) is 10.7 Å². The molecule has 0 aliphatic carbocycles. The molecule has 86 valence electrons. The Morgan fingerprint density at radius 1 is 1.19 bits per heavy atom. The smallest absolute Gasteiger partial charge is 0.327 e. The maximum Gasteiger partial charge on any atom is 0.327 e. The molecule has 2 N–H and O–H groups in total. The van der Waals surface area contributed by atoms with Crippen LogP contribution in [-0.4, -0.2) is 34.5 Å². The Balaban J connectivity index is 3.06. The van der Waals surface area contributed by atoms with Gasteiger partial charge in [-0.15, -0.1) is 0 Å². The van der Waals surface area contributed by atoms with Crippen molar-refractivity contribution in [3.05, 3.63) is 31.5 Å². The van der Waals surface area contributed by atoms with Crippen molar-refractivity contribution < 1.29 is 0 Å². The third kappa shape index (κ3) is 1.37. The minimum atomic E-state index is -0.525. The van der Waals surface area contributed by atoms with Crippen LogP contribution in [0, 0.1) is 0 Å². The van der Waals surface area contributed by atoms with Crippen molar-refractivity contribution in [1.29, 1.82) is 0 Å². The summed E-state index contributed by atoms with van der Waals surface area (Å²) in [4.78, 5) is 33.9. The highest BCUT2D eigenvalue weighted by Crippen LogP contribution is 2.22. The van der Waals surface area contributed by atoms with E-state index in [2.05, 4.69) is 15.0 Å². The van der Waals surface area contributed by atoms with E-state index in [4.69, 9.17) is 0 Å². The van der Waals surface area contributed by atoms with E-state index >= 15 is 0 Å². The molecule has 0 spiro atoms. The monoisotopic (exact) mass is 222 g/mol. The Kier molecular flexibility index (Phi) is 2.04. The van der Waals surface area contributed by atoms with E-state index in [0.29, 0.717) is 10.7 Å². The van der Waals surface area contributed by atoms with Crippen molar-refractivity contribution >= 4 is 5.70 Å². The molecule has 1 aromatic rings. The third-order valence-corrected chi connectivity index (χ3v) is 2.58. The highest BCUT2D eigenvalue weighted by atomic mass is 16.2. The quantitative estimate of drug-likeness (QED) is 0.585. The van der Waals surface area contributed by atoms with Gasteiger partial charge in [-0.1, -0.05) is 0 Å². The van der Waals surface area contributed by atoms with Crippen molar-refractivity contribution in [2.24, 2.45) is 4.99 Å². The zero-order chi connectivity index (χ0) is 12.1. The Bertz CT molecular complexity index is 663. The van der Waals surface area contributed by atoms with Gasteiger partial charge >= 0.3 is 5.69 Å². The molecule has 6 heteroatoms. The Hall–Kier alpha value is -1.85. The van der Waals surface area contributed by atoms with Crippen LogP contribution in [0.5, 0.6) is 0 Å². The van der Waals surface area contributed by atoms with Gasteiger partial charge in [0.05, 0.1) is 11.2 Å². The number of likely N-dealkylation sites (N-methyl/N-ethyl adjacent to an activating group) is 1. The molecule has 0 saturated heterocycles. The highest BCUT2D eigenvalue weighted by molar-refractivity contribution is 5.54. The van der Waals surface area contributed by atoms with Crippen molar-refractivity contribution in [2.45, 2.75) is 19.4 Å². The average molecular weight is 222 g/mol. The van der Waals surface area contributed by atoms with Crippen LogP contribution >= 0.6 is 0 Å². The molecule has 16 heavy (non-hydrogen) atoms. The molecule has 2 rings (SSSR count). The van der Waals surface area contributed by atoms with E-state index in [9.17, 15) is 9.59 Å². The largest absolute Gasteiger partial charge is 0.378 e.